The van der Waals surface area contributed by atoms with E-state index >= 15 is 0 Å². The molecule has 150 valence electrons. The molecular weight excluding hydrogens is 367 g/mol. The van der Waals surface area contributed by atoms with E-state index in [2.05, 4.69) is 45.7 Å². The van der Waals surface area contributed by atoms with Gasteiger partial charge >= 0.3 is 0 Å². The molecule has 1 N–H and O–H groups in total. The van der Waals surface area contributed by atoms with Gasteiger partial charge in [-0.05, 0) is 43.7 Å². The molecule has 1 amide bonds. The first-order valence-corrected chi connectivity index (χ1v) is 9.93. The van der Waals surface area contributed by atoms with E-state index in [-0.39, 0.29) is 17.8 Å². The number of carbonyl (C=O) groups is 1. The van der Waals surface area contributed by atoms with E-state index in [9.17, 15) is 9.18 Å². The SMILES string of the molecule is CC(C)n1cnc2c1C(C(=O)Nc1ccc(F)cc1)N(Cc1ccccc1)CC2. The maximum absolute atomic E-state index is 13.4. The fraction of sp³-hybridized carbons (Fsp3) is 0.304. The molecular formula is C23H25FN4O. The average molecular weight is 392 g/mol. The zero-order valence-corrected chi connectivity index (χ0v) is 16.7. The molecule has 1 aliphatic rings. The van der Waals surface area contributed by atoms with Gasteiger partial charge in [0.15, 0.2) is 0 Å². The predicted molar refractivity (Wildman–Crippen MR) is 111 cm³/mol. The number of hydrogen-bond donors (Lipinski definition) is 1. The summed E-state index contributed by atoms with van der Waals surface area (Å²) in [5.74, 6) is -0.456. The number of benzene rings is 2. The van der Waals surface area contributed by atoms with Crippen LogP contribution in [-0.2, 0) is 17.8 Å². The lowest BCUT2D eigenvalue weighted by molar-refractivity contribution is -0.122. The van der Waals surface area contributed by atoms with Crippen LogP contribution in [0.2, 0.25) is 0 Å². The van der Waals surface area contributed by atoms with Crippen LogP contribution in [-0.4, -0.2) is 26.9 Å². The predicted octanol–water partition coefficient (Wildman–Crippen LogP) is 4.34. The van der Waals surface area contributed by atoms with E-state index in [1.165, 1.54) is 12.1 Å². The standard InChI is InChI=1S/C23H25FN4O/c1-16(2)28-15-25-20-12-13-27(14-17-6-4-3-5-7-17)22(21(20)28)23(29)26-19-10-8-18(24)9-11-19/h3-11,15-16,22H,12-14H2,1-2H3,(H,26,29). The van der Waals surface area contributed by atoms with Crippen molar-refractivity contribution in [3.05, 3.63) is 83.7 Å². The first kappa shape index (κ1) is 19.3. The molecule has 2 heterocycles. The minimum Gasteiger partial charge on any atom is -0.330 e. The Morgan fingerprint density at radius 3 is 2.59 bits per heavy atom. The Bertz CT molecular complexity index is 982. The molecule has 29 heavy (non-hydrogen) atoms. The van der Waals surface area contributed by atoms with Gasteiger partial charge in [-0.15, -0.1) is 0 Å². The van der Waals surface area contributed by atoms with Crippen LogP contribution in [0.1, 0.15) is 42.9 Å². The number of nitrogens with zero attached hydrogens (tertiary/aromatic N) is 3. The van der Waals surface area contributed by atoms with Gasteiger partial charge in [0.05, 0.1) is 17.7 Å². The molecule has 0 aliphatic carbocycles. The van der Waals surface area contributed by atoms with Crippen LogP contribution in [0.25, 0.3) is 0 Å². The molecule has 0 fully saturated rings. The third-order valence-corrected chi connectivity index (χ3v) is 5.32. The normalized spacial score (nSPS) is 16.6. The maximum Gasteiger partial charge on any atom is 0.247 e. The van der Waals surface area contributed by atoms with Gasteiger partial charge < -0.3 is 9.88 Å². The van der Waals surface area contributed by atoms with Crippen LogP contribution in [0.5, 0.6) is 0 Å². The maximum atomic E-state index is 13.4. The number of fused-ring (bicyclic) bond motifs is 1. The number of nitrogens with one attached hydrogen (secondary N) is 1. The molecule has 0 saturated carbocycles. The topological polar surface area (TPSA) is 50.2 Å². The van der Waals surface area contributed by atoms with Crippen molar-refractivity contribution in [2.24, 2.45) is 0 Å². The second-order valence-electron chi connectivity index (χ2n) is 7.68. The van der Waals surface area contributed by atoms with E-state index in [0.717, 1.165) is 29.9 Å². The number of rotatable bonds is 5. The lowest BCUT2D eigenvalue weighted by atomic mass is 9.99. The molecule has 1 atom stereocenters. The quantitative estimate of drug-likeness (QED) is 0.703. The molecule has 1 unspecified atom stereocenters. The summed E-state index contributed by atoms with van der Waals surface area (Å²) in [5.41, 5.74) is 3.66. The number of anilines is 1. The van der Waals surface area contributed by atoms with Crippen LogP contribution in [0.15, 0.2) is 60.9 Å². The molecule has 0 radical (unpaired) electrons. The van der Waals surface area contributed by atoms with Gasteiger partial charge in [-0.3, -0.25) is 9.69 Å². The van der Waals surface area contributed by atoms with Crippen molar-refractivity contribution in [3.63, 3.8) is 0 Å². The van der Waals surface area contributed by atoms with E-state index in [1.54, 1.807) is 12.1 Å². The lowest BCUT2D eigenvalue weighted by Gasteiger charge is -2.36. The molecule has 5 nitrogen and oxygen atoms in total. The van der Waals surface area contributed by atoms with E-state index in [1.807, 2.05) is 24.5 Å². The van der Waals surface area contributed by atoms with Crippen LogP contribution >= 0.6 is 0 Å². The largest absolute Gasteiger partial charge is 0.330 e. The fourth-order valence-electron chi connectivity index (χ4n) is 3.89. The van der Waals surface area contributed by atoms with Crippen molar-refractivity contribution in [2.75, 3.05) is 11.9 Å². The van der Waals surface area contributed by atoms with Crippen molar-refractivity contribution in [2.45, 2.75) is 38.9 Å². The highest BCUT2D eigenvalue weighted by Crippen LogP contribution is 2.33. The Hall–Kier alpha value is -2.99. The number of carbonyl (C=O) groups excluding carboxylic acids is 1. The first-order valence-electron chi connectivity index (χ1n) is 9.93. The summed E-state index contributed by atoms with van der Waals surface area (Å²) in [6.07, 6.45) is 2.64. The van der Waals surface area contributed by atoms with Gasteiger partial charge in [-0.2, -0.15) is 0 Å². The molecule has 6 heteroatoms. The van der Waals surface area contributed by atoms with Crippen molar-refractivity contribution in [1.29, 1.82) is 0 Å². The summed E-state index contributed by atoms with van der Waals surface area (Å²) in [7, 11) is 0. The molecule has 3 aromatic rings. The summed E-state index contributed by atoms with van der Waals surface area (Å²) >= 11 is 0. The Balaban J connectivity index is 1.68. The molecule has 1 aromatic heterocycles. The van der Waals surface area contributed by atoms with Crippen LogP contribution in [0, 0.1) is 5.82 Å². The van der Waals surface area contributed by atoms with Gasteiger partial charge in [0.25, 0.3) is 0 Å². The highest BCUT2D eigenvalue weighted by atomic mass is 19.1. The van der Waals surface area contributed by atoms with Crippen molar-refractivity contribution in [3.8, 4) is 0 Å². The van der Waals surface area contributed by atoms with Crippen LogP contribution in [0.3, 0.4) is 0 Å². The summed E-state index contributed by atoms with van der Waals surface area (Å²) < 4.78 is 15.3. The van der Waals surface area contributed by atoms with Gasteiger partial charge in [0, 0.05) is 31.2 Å². The molecule has 1 aliphatic heterocycles. The van der Waals surface area contributed by atoms with Gasteiger partial charge in [0.1, 0.15) is 11.9 Å². The second kappa shape index (κ2) is 8.17. The highest BCUT2D eigenvalue weighted by molar-refractivity contribution is 5.95. The Labute approximate surface area is 170 Å². The van der Waals surface area contributed by atoms with Crippen molar-refractivity contribution < 1.29 is 9.18 Å². The van der Waals surface area contributed by atoms with Crippen molar-refractivity contribution in [1.82, 2.24) is 14.5 Å². The summed E-state index contributed by atoms with van der Waals surface area (Å²) in [4.78, 5) is 20.2. The van der Waals surface area contributed by atoms with Crippen molar-refractivity contribution >= 4 is 11.6 Å². The van der Waals surface area contributed by atoms with E-state index in [4.69, 9.17) is 0 Å². The second-order valence-corrected chi connectivity index (χ2v) is 7.68. The van der Waals surface area contributed by atoms with Gasteiger partial charge in [0.2, 0.25) is 5.91 Å². The third-order valence-electron chi connectivity index (χ3n) is 5.32. The smallest absolute Gasteiger partial charge is 0.247 e. The fourth-order valence-corrected chi connectivity index (χ4v) is 3.89. The lowest BCUT2D eigenvalue weighted by Crippen LogP contribution is -2.42. The Morgan fingerprint density at radius 2 is 1.90 bits per heavy atom. The molecule has 2 aromatic carbocycles. The van der Waals surface area contributed by atoms with Crippen LogP contribution in [0.4, 0.5) is 10.1 Å². The van der Waals surface area contributed by atoms with Gasteiger partial charge in [-0.25, -0.2) is 9.37 Å². The summed E-state index contributed by atoms with van der Waals surface area (Å²) in [6.45, 7) is 5.60. The van der Waals surface area contributed by atoms with Crippen LogP contribution < -0.4 is 5.32 Å². The zero-order valence-electron chi connectivity index (χ0n) is 16.7. The monoisotopic (exact) mass is 392 g/mol. The molecule has 0 bridgehead atoms. The zero-order chi connectivity index (χ0) is 20.4. The molecule has 4 rings (SSSR count). The number of aromatic nitrogens is 2. The Kier molecular flexibility index (Phi) is 5.45. The average Bonchev–Trinajstić information content (AvgIpc) is 3.14. The minimum atomic E-state index is -0.464. The highest BCUT2D eigenvalue weighted by Gasteiger charge is 2.37. The van der Waals surface area contributed by atoms with Gasteiger partial charge in [-0.1, -0.05) is 30.3 Å². The van der Waals surface area contributed by atoms with E-state index < -0.39 is 6.04 Å². The first-order chi connectivity index (χ1) is 14.0. The number of halogens is 1. The minimum absolute atomic E-state index is 0.129. The Morgan fingerprint density at radius 1 is 1.17 bits per heavy atom. The molecule has 0 saturated heterocycles. The summed E-state index contributed by atoms with van der Waals surface area (Å²) in [6, 6.07) is 15.8. The summed E-state index contributed by atoms with van der Waals surface area (Å²) in [5, 5.41) is 2.96. The number of imidazole rings is 1. The number of hydrogen-bond acceptors (Lipinski definition) is 3. The molecule has 0 spiro atoms. The number of amides is 1. The third kappa shape index (κ3) is 4.07. The van der Waals surface area contributed by atoms with E-state index in [0.29, 0.717) is 12.2 Å².